The first-order valence-corrected chi connectivity index (χ1v) is 9.20. The summed E-state index contributed by atoms with van der Waals surface area (Å²) >= 11 is 0. The molecular formula is C21H20N6O2. The zero-order valence-electron chi connectivity index (χ0n) is 16.1. The van der Waals surface area contributed by atoms with Crippen molar-refractivity contribution >= 4 is 5.91 Å². The molecule has 0 atom stereocenters. The molecule has 0 saturated carbocycles. The number of hydrogen-bond donors (Lipinski definition) is 2. The fourth-order valence-corrected chi connectivity index (χ4v) is 3.44. The van der Waals surface area contributed by atoms with E-state index in [1.807, 2.05) is 14.0 Å². The van der Waals surface area contributed by atoms with Gasteiger partial charge in [-0.15, -0.1) is 0 Å². The van der Waals surface area contributed by atoms with Crippen molar-refractivity contribution in [2.24, 2.45) is 0 Å². The first kappa shape index (κ1) is 18.7. The molecule has 8 nitrogen and oxygen atoms in total. The predicted octanol–water partition coefficient (Wildman–Crippen LogP) is 1.86. The lowest BCUT2D eigenvalue weighted by atomic mass is 10.0. The molecule has 0 unspecified atom stereocenters. The molecule has 1 fully saturated rings. The summed E-state index contributed by atoms with van der Waals surface area (Å²) in [6.07, 6.45) is 3.03. The van der Waals surface area contributed by atoms with Crippen LogP contribution >= 0.6 is 0 Å². The van der Waals surface area contributed by atoms with Gasteiger partial charge in [0.2, 0.25) is 5.88 Å². The largest absolute Gasteiger partial charge is 0.493 e. The molecule has 1 saturated heterocycles. The Balaban J connectivity index is 1.55. The van der Waals surface area contributed by atoms with Gasteiger partial charge in [0.25, 0.3) is 5.91 Å². The molecule has 0 spiro atoms. The number of aromatic nitrogens is 3. The third-order valence-electron chi connectivity index (χ3n) is 5.02. The van der Waals surface area contributed by atoms with Gasteiger partial charge in [-0.1, -0.05) is 6.07 Å². The molecule has 3 heterocycles. The molecule has 1 aliphatic rings. The van der Waals surface area contributed by atoms with Crippen LogP contribution in [0.4, 0.5) is 0 Å². The van der Waals surface area contributed by atoms with Gasteiger partial charge in [0.15, 0.2) is 5.82 Å². The third kappa shape index (κ3) is 3.56. The lowest BCUT2D eigenvalue weighted by Crippen LogP contribution is -2.57. The highest BCUT2D eigenvalue weighted by molar-refractivity contribution is 5.94. The summed E-state index contributed by atoms with van der Waals surface area (Å²) in [5.41, 5.74) is 3.21. The molecule has 1 aliphatic heterocycles. The van der Waals surface area contributed by atoms with E-state index in [1.165, 1.54) is 10.9 Å². The van der Waals surface area contributed by atoms with E-state index >= 15 is 0 Å². The van der Waals surface area contributed by atoms with Gasteiger partial charge in [-0.05, 0) is 49.4 Å². The first-order valence-electron chi connectivity index (χ1n) is 9.20. The average molecular weight is 388 g/mol. The zero-order chi connectivity index (χ0) is 20.5. The van der Waals surface area contributed by atoms with E-state index in [9.17, 15) is 9.90 Å². The summed E-state index contributed by atoms with van der Waals surface area (Å²) in [4.78, 5) is 18.7. The molecule has 2 aromatic heterocycles. The number of amides is 1. The zero-order valence-corrected chi connectivity index (χ0v) is 16.1. The minimum absolute atomic E-state index is 0.0555. The second-order valence-electron chi connectivity index (χ2n) is 7.23. The Labute approximate surface area is 168 Å². The van der Waals surface area contributed by atoms with E-state index in [-0.39, 0.29) is 17.8 Å². The summed E-state index contributed by atoms with van der Waals surface area (Å²) in [5, 5.41) is 26.9. The second-order valence-corrected chi connectivity index (χ2v) is 7.23. The highest BCUT2D eigenvalue weighted by Gasteiger charge is 2.25. The van der Waals surface area contributed by atoms with Gasteiger partial charge in [0, 0.05) is 19.3 Å². The number of rotatable bonds is 4. The molecule has 0 radical (unpaired) electrons. The highest BCUT2D eigenvalue weighted by atomic mass is 16.3. The Morgan fingerprint density at radius 2 is 2.03 bits per heavy atom. The molecule has 1 aromatic carbocycles. The Kier molecular flexibility index (Phi) is 4.74. The monoisotopic (exact) mass is 388 g/mol. The second kappa shape index (κ2) is 7.37. The van der Waals surface area contributed by atoms with E-state index in [0.717, 1.165) is 24.2 Å². The number of pyridine rings is 1. The van der Waals surface area contributed by atoms with E-state index in [2.05, 4.69) is 26.4 Å². The summed E-state index contributed by atoms with van der Waals surface area (Å²) in [6.45, 7) is 3.56. The first-order chi connectivity index (χ1) is 14.0. The number of hydrogen-bond acceptors (Lipinski definition) is 6. The number of nitrogens with one attached hydrogen (secondary N) is 1. The Morgan fingerprint density at radius 1 is 1.24 bits per heavy atom. The van der Waals surface area contributed by atoms with Crippen molar-refractivity contribution in [2.75, 3.05) is 20.1 Å². The lowest BCUT2D eigenvalue weighted by Gasteiger charge is -2.36. The van der Waals surface area contributed by atoms with Crippen molar-refractivity contribution in [1.82, 2.24) is 25.0 Å². The van der Waals surface area contributed by atoms with Crippen LogP contribution in [-0.4, -0.2) is 56.9 Å². The quantitative estimate of drug-likeness (QED) is 0.707. The number of benzene rings is 1. The molecule has 0 bridgehead atoms. The van der Waals surface area contributed by atoms with E-state index in [1.54, 1.807) is 36.5 Å². The highest BCUT2D eigenvalue weighted by Crippen LogP contribution is 2.33. The van der Waals surface area contributed by atoms with Gasteiger partial charge in [0.05, 0.1) is 35.0 Å². The van der Waals surface area contributed by atoms with Crippen LogP contribution in [0.2, 0.25) is 0 Å². The fraction of sp³-hybridized carbons (Fsp3) is 0.238. The number of aryl methyl sites for hydroxylation is 1. The van der Waals surface area contributed by atoms with Crippen molar-refractivity contribution in [3.8, 4) is 28.9 Å². The van der Waals surface area contributed by atoms with Crippen LogP contribution in [0.3, 0.4) is 0 Å². The molecule has 146 valence electrons. The number of nitrogens with zero attached hydrogens (tertiary/aromatic N) is 5. The Hall–Kier alpha value is -3.70. The maximum Gasteiger partial charge on any atom is 0.253 e. The SMILES string of the molecule is Cc1cc(C#N)ccc1-c1cnn(-c2ccc(C(=O)NC3CN(C)C3)cn2)c1O. The van der Waals surface area contributed by atoms with Crippen LogP contribution in [-0.2, 0) is 0 Å². The average Bonchev–Trinajstić information content (AvgIpc) is 3.08. The van der Waals surface area contributed by atoms with E-state index in [0.29, 0.717) is 22.5 Å². The van der Waals surface area contributed by atoms with Gasteiger partial charge >= 0.3 is 0 Å². The van der Waals surface area contributed by atoms with Gasteiger partial charge in [0.1, 0.15) is 0 Å². The van der Waals surface area contributed by atoms with Crippen molar-refractivity contribution in [2.45, 2.75) is 13.0 Å². The number of carbonyl (C=O) groups excluding carboxylic acids is 1. The van der Waals surface area contributed by atoms with Crippen LogP contribution in [0.25, 0.3) is 16.9 Å². The van der Waals surface area contributed by atoms with E-state index < -0.39 is 0 Å². The van der Waals surface area contributed by atoms with Gasteiger partial charge in [-0.2, -0.15) is 15.0 Å². The third-order valence-corrected chi connectivity index (χ3v) is 5.02. The molecule has 4 rings (SSSR count). The maximum atomic E-state index is 12.3. The fourth-order valence-electron chi connectivity index (χ4n) is 3.44. The van der Waals surface area contributed by atoms with Crippen LogP contribution in [0.5, 0.6) is 5.88 Å². The number of likely N-dealkylation sites (tertiary alicyclic amines) is 1. The van der Waals surface area contributed by atoms with Gasteiger partial charge in [-0.3, -0.25) is 4.79 Å². The summed E-state index contributed by atoms with van der Waals surface area (Å²) < 4.78 is 1.32. The van der Waals surface area contributed by atoms with Gasteiger partial charge in [-0.25, -0.2) is 4.98 Å². The molecule has 8 heteroatoms. The minimum Gasteiger partial charge on any atom is -0.493 e. The molecular weight excluding hydrogens is 368 g/mol. The van der Waals surface area contributed by atoms with Crippen molar-refractivity contribution in [1.29, 1.82) is 5.26 Å². The van der Waals surface area contributed by atoms with E-state index in [4.69, 9.17) is 5.26 Å². The lowest BCUT2D eigenvalue weighted by molar-refractivity contribution is 0.0857. The number of carbonyl (C=O) groups is 1. The summed E-state index contributed by atoms with van der Waals surface area (Å²) in [6, 6.07) is 10.8. The standard InChI is InChI=1S/C21H20N6O2/c1-13-7-14(8-22)3-5-17(13)18-10-24-27(21(18)29)19-6-4-15(9-23-19)20(28)25-16-11-26(2)12-16/h3-7,9-10,16,29H,11-12H2,1-2H3,(H,25,28). The Bertz CT molecular complexity index is 1110. The van der Waals surface area contributed by atoms with Crippen molar-refractivity contribution in [3.63, 3.8) is 0 Å². The summed E-state index contributed by atoms with van der Waals surface area (Å²) in [5.74, 6) is 0.181. The van der Waals surface area contributed by atoms with Crippen LogP contribution in [0, 0.1) is 18.3 Å². The molecule has 1 amide bonds. The maximum absolute atomic E-state index is 12.3. The predicted molar refractivity (Wildman–Crippen MR) is 107 cm³/mol. The molecule has 0 aliphatic carbocycles. The van der Waals surface area contributed by atoms with Crippen LogP contribution in [0.15, 0.2) is 42.7 Å². The molecule has 29 heavy (non-hydrogen) atoms. The smallest absolute Gasteiger partial charge is 0.253 e. The number of likely N-dealkylation sites (N-methyl/N-ethyl adjacent to an activating group) is 1. The number of aromatic hydroxyl groups is 1. The van der Waals surface area contributed by atoms with Crippen molar-refractivity contribution in [3.05, 3.63) is 59.4 Å². The van der Waals surface area contributed by atoms with Crippen molar-refractivity contribution < 1.29 is 9.90 Å². The molecule has 3 aromatic rings. The molecule has 2 N–H and O–H groups in total. The topological polar surface area (TPSA) is 107 Å². The number of nitriles is 1. The normalized spacial score (nSPS) is 14.2. The summed E-state index contributed by atoms with van der Waals surface area (Å²) in [7, 11) is 2.00. The van der Waals surface area contributed by atoms with Crippen LogP contribution in [0.1, 0.15) is 21.5 Å². The minimum atomic E-state index is -0.166. The van der Waals surface area contributed by atoms with Gasteiger partial charge < -0.3 is 15.3 Å². The van der Waals surface area contributed by atoms with Crippen LogP contribution < -0.4 is 5.32 Å². The Morgan fingerprint density at radius 3 is 2.66 bits per heavy atom.